The van der Waals surface area contributed by atoms with Crippen molar-refractivity contribution in [3.8, 4) is 0 Å². The summed E-state index contributed by atoms with van der Waals surface area (Å²) in [6.07, 6.45) is 3.00. The number of hydrogen-bond donors (Lipinski definition) is 1. The highest BCUT2D eigenvalue weighted by Gasteiger charge is 2.32. The fraction of sp³-hybridized carbons (Fsp3) is 0.833. The van der Waals surface area contributed by atoms with Gasteiger partial charge in [0.15, 0.2) is 0 Å². The summed E-state index contributed by atoms with van der Waals surface area (Å²) >= 11 is 0. The van der Waals surface area contributed by atoms with Gasteiger partial charge in [0.2, 0.25) is 11.8 Å². The van der Waals surface area contributed by atoms with Gasteiger partial charge in [-0.25, -0.2) is 0 Å². The van der Waals surface area contributed by atoms with Gasteiger partial charge in [0.05, 0.1) is 12.1 Å². The van der Waals surface area contributed by atoms with Gasteiger partial charge in [0.25, 0.3) is 0 Å². The minimum absolute atomic E-state index is 0.103. The van der Waals surface area contributed by atoms with Crippen LogP contribution in [0.5, 0.6) is 0 Å². The second-order valence-corrected chi connectivity index (χ2v) is 5.02. The molecule has 2 aliphatic heterocycles. The molecule has 5 heteroatoms. The molecule has 0 spiro atoms. The standard InChI is InChI=1S/C12H21N3O2/c1-9(11(16)15-6-3-4-7-15)13-10-5-8-14(2)12(10)17/h9-10,13H,3-8H2,1-2H3. The number of hydrogen-bond acceptors (Lipinski definition) is 3. The van der Waals surface area contributed by atoms with Crippen LogP contribution in [0.1, 0.15) is 26.2 Å². The molecule has 0 radical (unpaired) electrons. The van der Waals surface area contributed by atoms with Crippen LogP contribution in [0, 0.1) is 0 Å². The minimum Gasteiger partial charge on any atom is -0.344 e. The maximum Gasteiger partial charge on any atom is 0.239 e. The normalized spacial score (nSPS) is 26.7. The van der Waals surface area contributed by atoms with Crippen molar-refractivity contribution in [2.24, 2.45) is 0 Å². The summed E-state index contributed by atoms with van der Waals surface area (Å²) in [7, 11) is 1.80. The zero-order chi connectivity index (χ0) is 12.4. The van der Waals surface area contributed by atoms with E-state index in [0.717, 1.165) is 38.9 Å². The lowest BCUT2D eigenvalue weighted by atomic mass is 10.2. The molecule has 2 heterocycles. The first-order valence-corrected chi connectivity index (χ1v) is 6.39. The first-order valence-electron chi connectivity index (χ1n) is 6.39. The molecule has 2 rings (SSSR count). The van der Waals surface area contributed by atoms with Crippen molar-refractivity contribution in [2.75, 3.05) is 26.7 Å². The fourth-order valence-corrected chi connectivity index (χ4v) is 2.56. The molecule has 5 nitrogen and oxygen atoms in total. The molecule has 96 valence electrons. The fourth-order valence-electron chi connectivity index (χ4n) is 2.56. The molecule has 2 atom stereocenters. The van der Waals surface area contributed by atoms with Crippen LogP contribution in [0.15, 0.2) is 0 Å². The molecule has 0 bridgehead atoms. The molecule has 2 unspecified atom stereocenters. The molecular formula is C12H21N3O2. The smallest absolute Gasteiger partial charge is 0.239 e. The van der Waals surface area contributed by atoms with Gasteiger partial charge in [0, 0.05) is 26.7 Å². The Labute approximate surface area is 102 Å². The summed E-state index contributed by atoms with van der Waals surface area (Å²) in [6.45, 7) is 4.36. The highest BCUT2D eigenvalue weighted by Crippen LogP contribution is 2.12. The summed E-state index contributed by atoms with van der Waals surface area (Å²) < 4.78 is 0. The Hall–Kier alpha value is -1.10. The van der Waals surface area contributed by atoms with Crippen LogP contribution in [-0.2, 0) is 9.59 Å². The predicted octanol–water partition coefficient (Wildman–Crippen LogP) is -0.182. The SMILES string of the molecule is CC(NC1CCN(C)C1=O)C(=O)N1CCCC1. The maximum atomic E-state index is 12.1. The van der Waals surface area contributed by atoms with Gasteiger partial charge < -0.3 is 9.80 Å². The van der Waals surface area contributed by atoms with Crippen LogP contribution in [0.4, 0.5) is 0 Å². The summed E-state index contributed by atoms with van der Waals surface area (Å²) in [6, 6.07) is -0.435. The van der Waals surface area contributed by atoms with Gasteiger partial charge in [0.1, 0.15) is 0 Å². The zero-order valence-corrected chi connectivity index (χ0v) is 10.6. The molecule has 0 aromatic rings. The van der Waals surface area contributed by atoms with Gasteiger partial charge in [-0.05, 0) is 26.2 Å². The number of likely N-dealkylation sites (N-methyl/N-ethyl adjacent to an activating group) is 1. The van der Waals surface area contributed by atoms with Crippen molar-refractivity contribution in [1.82, 2.24) is 15.1 Å². The second-order valence-electron chi connectivity index (χ2n) is 5.02. The Morgan fingerprint density at radius 2 is 2.00 bits per heavy atom. The number of carbonyl (C=O) groups excluding carboxylic acids is 2. The topological polar surface area (TPSA) is 52.7 Å². The van der Waals surface area contributed by atoms with E-state index in [9.17, 15) is 9.59 Å². The molecule has 1 N–H and O–H groups in total. The molecule has 0 aromatic heterocycles. The van der Waals surface area contributed by atoms with Crippen molar-refractivity contribution in [1.29, 1.82) is 0 Å². The van der Waals surface area contributed by atoms with E-state index in [4.69, 9.17) is 0 Å². The van der Waals surface area contributed by atoms with Crippen molar-refractivity contribution in [3.63, 3.8) is 0 Å². The van der Waals surface area contributed by atoms with E-state index in [2.05, 4.69) is 5.32 Å². The van der Waals surface area contributed by atoms with E-state index in [1.54, 1.807) is 11.9 Å². The minimum atomic E-state index is -0.256. The van der Waals surface area contributed by atoms with Crippen molar-refractivity contribution < 1.29 is 9.59 Å². The molecule has 0 aromatic carbocycles. The van der Waals surface area contributed by atoms with E-state index in [-0.39, 0.29) is 23.9 Å². The second kappa shape index (κ2) is 5.04. The molecule has 2 saturated heterocycles. The average molecular weight is 239 g/mol. The Morgan fingerprint density at radius 1 is 1.35 bits per heavy atom. The quantitative estimate of drug-likeness (QED) is 0.743. The van der Waals surface area contributed by atoms with Gasteiger partial charge in [-0.2, -0.15) is 0 Å². The van der Waals surface area contributed by atoms with Gasteiger partial charge in [-0.15, -0.1) is 0 Å². The van der Waals surface area contributed by atoms with E-state index < -0.39 is 0 Å². The van der Waals surface area contributed by atoms with E-state index in [0.29, 0.717) is 0 Å². The first kappa shape index (κ1) is 12.4. The molecule has 17 heavy (non-hydrogen) atoms. The van der Waals surface area contributed by atoms with Crippen LogP contribution in [0.2, 0.25) is 0 Å². The van der Waals surface area contributed by atoms with Crippen molar-refractivity contribution >= 4 is 11.8 Å². The molecule has 0 aliphatic carbocycles. The third kappa shape index (κ3) is 2.60. The lowest BCUT2D eigenvalue weighted by Gasteiger charge is -2.23. The first-order chi connectivity index (χ1) is 8.09. The Kier molecular flexibility index (Phi) is 3.66. The van der Waals surface area contributed by atoms with Crippen LogP contribution < -0.4 is 5.32 Å². The van der Waals surface area contributed by atoms with E-state index in [1.807, 2.05) is 11.8 Å². The molecule has 2 amide bonds. The number of rotatable bonds is 3. The van der Waals surface area contributed by atoms with Crippen LogP contribution >= 0.6 is 0 Å². The molecular weight excluding hydrogens is 218 g/mol. The Balaban J connectivity index is 1.86. The van der Waals surface area contributed by atoms with Gasteiger partial charge in [-0.3, -0.25) is 14.9 Å². The van der Waals surface area contributed by atoms with Crippen molar-refractivity contribution in [3.05, 3.63) is 0 Å². The Morgan fingerprint density at radius 3 is 2.53 bits per heavy atom. The van der Waals surface area contributed by atoms with Crippen LogP contribution in [0.3, 0.4) is 0 Å². The third-order valence-corrected chi connectivity index (χ3v) is 3.67. The number of carbonyl (C=O) groups is 2. The lowest BCUT2D eigenvalue weighted by molar-refractivity contribution is -0.133. The molecule has 2 fully saturated rings. The number of nitrogens with zero attached hydrogens (tertiary/aromatic N) is 2. The number of nitrogens with one attached hydrogen (secondary N) is 1. The van der Waals surface area contributed by atoms with Crippen molar-refractivity contribution in [2.45, 2.75) is 38.3 Å². The summed E-state index contributed by atoms with van der Waals surface area (Å²) in [5.41, 5.74) is 0. The zero-order valence-electron chi connectivity index (χ0n) is 10.6. The summed E-state index contributed by atoms with van der Waals surface area (Å²) in [4.78, 5) is 27.4. The highest BCUT2D eigenvalue weighted by atomic mass is 16.2. The lowest BCUT2D eigenvalue weighted by Crippen LogP contribution is -2.49. The summed E-state index contributed by atoms with van der Waals surface area (Å²) in [5.74, 6) is 0.232. The molecule has 0 saturated carbocycles. The van der Waals surface area contributed by atoms with Crippen LogP contribution in [-0.4, -0.2) is 60.4 Å². The monoisotopic (exact) mass is 239 g/mol. The Bertz CT molecular complexity index is 313. The van der Waals surface area contributed by atoms with E-state index in [1.165, 1.54) is 0 Å². The molecule has 2 aliphatic rings. The highest BCUT2D eigenvalue weighted by molar-refractivity contribution is 5.86. The average Bonchev–Trinajstić information content (AvgIpc) is 2.93. The summed E-state index contributed by atoms with van der Waals surface area (Å²) in [5, 5.41) is 3.15. The largest absolute Gasteiger partial charge is 0.344 e. The maximum absolute atomic E-state index is 12.1. The van der Waals surface area contributed by atoms with Gasteiger partial charge in [-0.1, -0.05) is 0 Å². The number of amides is 2. The third-order valence-electron chi connectivity index (χ3n) is 3.67. The van der Waals surface area contributed by atoms with Gasteiger partial charge >= 0.3 is 0 Å². The predicted molar refractivity (Wildman–Crippen MR) is 64.5 cm³/mol. The number of likely N-dealkylation sites (tertiary alicyclic amines) is 2. The van der Waals surface area contributed by atoms with E-state index >= 15 is 0 Å². The van der Waals surface area contributed by atoms with Crippen LogP contribution in [0.25, 0.3) is 0 Å².